The molecule has 1 amide bonds. The highest BCUT2D eigenvalue weighted by Gasteiger charge is 2.56. The molecule has 0 saturated heterocycles. The maximum absolute atomic E-state index is 13.8. The van der Waals surface area contributed by atoms with E-state index in [0.29, 0.717) is 11.3 Å². The van der Waals surface area contributed by atoms with Crippen molar-refractivity contribution in [3.63, 3.8) is 0 Å². The van der Waals surface area contributed by atoms with Gasteiger partial charge >= 0.3 is 5.97 Å². The number of rotatable bonds is 7. The van der Waals surface area contributed by atoms with Crippen LogP contribution in [0.25, 0.3) is 0 Å². The van der Waals surface area contributed by atoms with E-state index in [0.717, 1.165) is 6.08 Å². The molecule has 0 radical (unpaired) electrons. The number of benzene rings is 2. The molecular formula is C29H28N2O9. The van der Waals surface area contributed by atoms with Gasteiger partial charge in [-0.1, -0.05) is 0 Å². The van der Waals surface area contributed by atoms with Gasteiger partial charge in [0.2, 0.25) is 5.91 Å². The average Bonchev–Trinajstić information content (AvgIpc) is 3.20. The molecule has 208 valence electrons. The number of hydrogen-bond acceptors (Lipinski definition) is 10. The van der Waals surface area contributed by atoms with Crippen molar-refractivity contribution in [1.29, 1.82) is 0 Å². The number of amides is 1. The van der Waals surface area contributed by atoms with E-state index in [1.54, 1.807) is 12.1 Å². The number of aromatic hydroxyl groups is 2. The summed E-state index contributed by atoms with van der Waals surface area (Å²) in [5.74, 6) is -3.78. The topological polar surface area (TPSA) is 168 Å². The molecule has 1 aliphatic carbocycles. The zero-order valence-corrected chi connectivity index (χ0v) is 22.6. The Labute approximate surface area is 229 Å². The average molecular weight is 549 g/mol. The first-order valence-electron chi connectivity index (χ1n) is 12.3. The van der Waals surface area contributed by atoms with E-state index < -0.39 is 40.2 Å². The Hall–Kier alpha value is -4.93. The van der Waals surface area contributed by atoms with Gasteiger partial charge in [-0.3, -0.25) is 19.2 Å². The Kier molecular flexibility index (Phi) is 7.25. The van der Waals surface area contributed by atoms with E-state index >= 15 is 0 Å². The molecule has 0 aromatic heterocycles. The van der Waals surface area contributed by atoms with Crippen molar-refractivity contribution in [1.82, 2.24) is 5.32 Å². The number of methoxy groups -OCH3 is 1. The summed E-state index contributed by atoms with van der Waals surface area (Å²) in [6, 6.07) is 6.15. The number of phenolic OH excluding ortho intramolecular Hbond substituents is 2. The van der Waals surface area contributed by atoms with Crippen molar-refractivity contribution < 1.29 is 43.7 Å². The van der Waals surface area contributed by atoms with Gasteiger partial charge in [0, 0.05) is 36.0 Å². The number of carbonyl (C=O) groups excluding carboxylic acids is 5. The minimum absolute atomic E-state index is 0.000328. The number of carbonyl (C=O) groups is 5. The number of Topliss-reactive ketones (excluding diaryl/α,β-unsaturated/α-hetero) is 2. The van der Waals surface area contributed by atoms with E-state index in [-0.39, 0.29) is 58.3 Å². The normalized spacial score (nSPS) is 18.7. The fraction of sp³-hybridized carbons (Fsp3) is 0.276. The van der Waals surface area contributed by atoms with Gasteiger partial charge in [0.25, 0.3) is 0 Å². The monoisotopic (exact) mass is 548 g/mol. The number of esters is 1. The Morgan fingerprint density at radius 3 is 2.30 bits per heavy atom. The van der Waals surface area contributed by atoms with Crippen molar-refractivity contribution in [3.05, 3.63) is 69.6 Å². The Morgan fingerprint density at radius 2 is 1.70 bits per heavy atom. The summed E-state index contributed by atoms with van der Waals surface area (Å²) in [6.45, 7) is 5.72. The van der Waals surface area contributed by atoms with Crippen LogP contribution in [0.15, 0.2) is 47.4 Å². The number of allylic oxidation sites excluding steroid dienone is 4. The lowest BCUT2D eigenvalue weighted by Gasteiger charge is -2.29. The summed E-state index contributed by atoms with van der Waals surface area (Å²) in [5, 5.41) is 27.0. The van der Waals surface area contributed by atoms with Crippen LogP contribution in [0.5, 0.6) is 17.2 Å². The van der Waals surface area contributed by atoms with Gasteiger partial charge in [-0.2, -0.15) is 0 Å². The molecule has 1 heterocycles. The SMILES string of the molecule is COC(=O)c1ccc(NC(=O)CCN/C(C)=C2\C(=O)C=C3Oc4c(C(C)=O)c(O)c(C)c(O)c4[C@@]3(C)C2=O)cc1. The molecule has 1 aliphatic heterocycles. The standard InChI is InChI=1S/C29H28N2O9/c1-13-24(35)22(15(3)32)26-23(25(13)36)29(4)19(40-26)12-18(33)21(27(29)37)14(2)30-11-10-20(34)31-17-8-6-16(7-9-17)28(38)39-5/h6-9,12,30,35-36H,10-11H2,1-5H3,(H,31,34)/b21-14+/t29-/m0/s1. The molecule has 1 atom stereocenters. The van der Waals surface area contributed by atoms with Gasteiger partial charge in [-0.05, 0) is 52.0 Å². The Bertz CT molecular complexity index is 1550. The van der Waals surface area contributed by atoms with Crippen molar-refractivity contribution in [2.24, 2.45) is 0 Å². The molecule has 11 heteroatoms. The third-order valence-electron chi connectivity index (χ3n) is 7.09. The highest BCUT2D eigenvalue weighted by Crippen LogP contribution is 2.57. The van der Waals surface area contributed by atoms with Crippen molar-refractivity contribution in [2.75, 3.05) is 19.0 Å². The van der Waals surface area contributed by atoms with E-state index in [1.807, 2.05) is 0 Å². The summed E-state index contributed by atoms with van der Waals surface area (Å²) in [4.78, 5) is 63.0. The molecule has 40 heavy (non-hydrogen) atoms. The summed E-state index contributed by atoms with van der Waals surface area (Å²) in [6.07, 6.45) is 1.12. The first-order chi connectivity index (χ1) is 18.8. The Balaban J connectivity index is 1.54. The highest BCUT2D eigenvalue weighted by molar-refractivity contribution is 6.31. The molecule has 0 fully saturated rings. The predicted octanol–water partition coefficient (Wildman–Crippen LogP) is 2.97. The molecular weight excluding hydrogens is 520 g/mol. The smallest absolute Gasteiger partial charge is 0.337 e. The second-order valence-electron chi connectivity index (χ2n) is 9.68. The van der Waals surface area contributed by atoms with Gasteiger partial charge in [0.05, 0.1) is 23.8 Å². The molecule has 0 spiro atoms. The highest BCUT2D eigenvalue weighted by atomic mass is 16.5. The molecule has 0 saturated carbocycles. The molecule has 2 aromatic rings. The summed E-state index contributed by atoms with van der Waals surface area (Å²) in [5.41, 5.74) is -0.957. The second kappa shape index (κ2) is 10.3. The maximum Gasteiger partial charge on any atom is 0.337 e. The molecule has 0 bridgehead atoms. The molecule has 11 nitrogen and oxygen atoms in total. The fourth-order valence-corrected chi connectivity index (χ4v) is 4.85. The predicted molar refractivity (Wildman–Crippen MR) is 142 cm³/mol. The molecule has 0 unspecified atom stereocenters. The fourth-order valence-electron chi connectivity index (χ4n) is 4.85. The van der Waals surface area contributed by atoms with Crippen LogP contribution < -0.4 is 15.4 Å². The number of fused-ring (bicyclic) bond motifs is 3. The molecule has 2 aliphatic rings. The zero-order valence-electron chi connectivity index (χ0n) is 22.6. The third kappa shape index (κ3) is 4.49. The van der Waals surface area contributed by atoms with E-state index in [1.165, 1.54) is 46.9 Å². The van der Waals surface area contributed by atoms with Crippen LogP contribution in [0.4, 0.5) is 5.69 Å². The lowest BCUT2D eigenvalue weighted by Crippen LogP contribution is -2.41. The summed E-state index contributed by atoms with van der Waals surface area (Å²) in [7, 11) is 1.27. The quantitative estimate of drug-likeness (QED) is 0.175. The van der Waals surface area contributed by atoms with Gasteiger partial charge in [0.15, 0.2) is 17.3 Å². The lowest BCUT2D eigenvalue weighted by molar-refractivity contribution is -0.123. The first-order valence-corrected chi connectivity index (χ1v) is 12.3. The molecule has 4 rings (SSSR count). The number of anilines is 1. The number of hydrogen-bond donors (Lipinski definition) is 4. The number of ketones is 3. The summed E-state index contributed by atoms with van der Waals surface area (Å²) >= 11 is 0. The minimum Gasteiger partial charge on any atom is -0.507 e. The van der Waals surface area contributed by atoms with Crippen LogP contribution in [0.1, 0.15) is 59.0 Å². The Morgan fingerprint density at radius 1 is 1.05 bits per heavy atom. The van der Waals surface area contributed by atoms with Gasteiger partial charge < -0.3 is 30.3 Å². The van der Waals surface area contributed by atoms with E-state index in [2.05, 4.69) is 15.4 Å². The molecule has 4 N–H and O–H groups in total. The second-order valence-corrected chi connectivity index (χ2v) is 9.68. The van der Waals surface area contributed by atoms with Gasteiger partial charge in [-0.15, -0.1) is 0 Å². The lowest BCUT2D eigenvalue weighted by atomic mass is 9.70. The zero-order chi connectivity index (χ0) is 29.5. The van der Waals surface area contributed by atoms with Crippen molar-refractivity contribution in [2.45, 2.75) is 39.5 Å². The first kappa shape index (κ1) is 28.1. The van der Waals surface area contributed by atoms with Crippen LogP contribution in [0.2, 0.25) is 0 Å². The summed E-state index contributed by atoms with van der Waals surface area (Å²) < 4.78 is 10.4. The number of phenols is 2. The third-order valence-corrected chi connectivity index (χ3v) is 7.09. The van der Waals surface area contributed by atoms with Gasteiger partial charge in [0.1, 0.15) is 34.0 Å². The number of ether oxygens (including phenoxy) is 2. The van der Waals surface area contributed by atoms with Crippen LogP contribution >= 0.6 is 0 Å². The number of nitrogens with one attached hydrogen (secondary N) is 2. The van der Waals surface area contributed by atoms with Crippen LogP contribution in [-0.2, 0) is 24.5 Å². The van der Waals surface area contributed by atoms with E-state index in [9.17, 15) is 34.2 Å². The van der Waals surface area contributed by atoms with Crippen molar-refractivity contribution in [3.8, 4) is 17.2 Å². The van der Waals surface area contributed by atoms with Gasteiger partial charge in [-0.25, -0.2) is 4.79 Å². The van der Waals surface area contributed by atoms with Crippen LogP contribution in [0.3, 0.4) is 0 Å². The van der Waals surface area contributed by atoms with Crippen LogP contribution in [0, 0.1) is 6.92 Å². The molecule has 2 aromatic carbocycles. The largest absolute Gasteiger partial charge is 0.507 e. The maximum atomic E-state index is 13.8. The van der Waals surface area contributed by atoms with E-state index in [4.69, 9.17) is 4.74 Å². The minimum atomic E-state index is -1.62. The van der Waals surface area contributed by atoms with Crippen LogP contribution in [-0.4, -0.2) is 53.1 Å². The van der Waals surface area contributed by atoms with Crippen molar-refractivity contribution >= 4 is 34.9 Å².